The first-order chi connectivity index (χ1) is 11.8. The van der Waals surface area contributed by atoms with E-state index in [1.807, 2.05) is 32.9 Å². The van der Waals surface area contributed by atoms with Crippen molar-refractivity contribution in [2.45, 2.75) is 44.6 Å². The maximum atomic E-state index is 12.4. The van der Waals surface area contributed by atoms with Gasteiger partial charge in [-0.3, -0.25) is 4.79 Å². The highest BCUT2D eigenvalue weighted by Gasteiger charge is 2.16. The van der Waals surface area contributed by atoms with Crippen LogP contribution < -0.4 is 10.0 Å². The topological polar surface area (TPSA) is 88.4 Å². The minimum absolute atomic E-state index is 0.0302. The summed E-state index contributed by atoms with van der Waals surface area (Å²) in [5, 5.41) is 2.82. The summed E-state index contributed by atoms with van der Waals surface area (Å²) < 4.78 is 32.8. The van der Waals surface area contributed by atoms with Crippen molar-refractivity contribution in [3.63, 3.8) is 0 Å². The van der Waals surface area contributed by atoms with Crippen LogP contribution in [-0.2, 0) is 16.4 Å². The second-order valence-corrected chi connectivity index (χ2v) is 7.74. The van der Waals surface area contributed by atoms with Gasteiger partial charge in [0.2, 0.25) is 10.0 Å². The van der Waals surface area contributed by atoms with E-state index in [0.29, 0.717) is 12.0 Å². The Labute approximate surface area is 148 Å². The van der Waals surface area contributed by atoms with Crippen LogP contribution in [0.3, 0.4) is 0 Å². The SMILES string of the molecule is CCC(C)NC(=O)c1cccc(S(=O)(=O)NCCc2ccc(C)o2)c1. The van der Waals surface area contributed by atoms with Crippen LogP contribution >= 0.6 is 0 Å². The summed E-state index contributed by atoms with van der Waals surface area (Å²) in [6, 6.07) is 9.71. The molecule has 0 saturated heterocycles. The Morgan fingerprint density at radius 1 is 1.24 bits per heavy atom. The number of carbonyl (C=O) groups excluding carboxylic acids is 1. The molecule has 136 valence electrons. The van der Waals surface area contributed by atoms with E-state index >= 15 is 0 Å². The van der Waals surface area contributed by atoms with Crippen molar-refractivity contribution in [1.29, 1.82) is 0 Å². The predicted molar refractivity (Wildman–Crippen MR) is 96.0 cm³/mol. The summed E-state index contributed by atoms with van der Waals surface area (Å²) >= 11 is 0. The third kappa shape index (κ3) is 5.44. The fraction of sp³-hybridized carbons (Fsp3) is 0.389. The smallest absolute Gasteiger partial charge is 0.251 e. The minimum Gasteiger partial charge on any atom is -0.466 e. The normalized spacial score (nSPS) is 12.8. The van der Waals surface area contributed by atoms with Gasteiger partial charge in [-0.05, 0) is 50.6 Å². The highest BCUT2D eigenvalue weighted by molar-refractivity contribution is 7.89. The Hall–Kier alpha value is -2.12. The van der Waals surface area contributed by atoms with Gasteiger partial charge in [0.05, 0.1) is 4.90 Å². The number of carbonyl (C=O) groups is 1. The van der Waals surface area contributed by atoms with Crippen molar-refractivity contribution < 1.29 is 17.6 Å². The van der Waals surface area contributed by atoms with Gasteiger partial charge in [-0.25, -0.2) is 13.1 Å². The van der Waals surface area contributed by atoms with Crippen LogP contribution in [0.15, 0.2) is 45.7 Å². The quantitative estimate of drug-likeness (QED) is 0.754. The monoisotopic (exact) mass is 364 g/mol. The van der Waals surface area contributed by atoms with Crippen LogP contribution in [0.2, 0.25) is 0 Å². The number of rotatable bonds is 8. The van der Waals surface area contributed by atoms with Crippen molar-refractivity contribution in [2.75, 3.05) is 6.54 Å². The van der Waals surface area contributed by atoms with Gasteiger partial charge in [-0.15, -0.1) is 0 Å². The average molecular weight is 364 g/mol. The zero-order valence-corrected chi connectivity index (χ0v) is 15.5. The zero-order valence-electron chi connectivity index (χ0n) is 14.7. The molecule has 1 aromatic heterocycles. The predicted octanol–water partition coefficient (Wildman–Crippen LogP) is 2.64. The van der Waals surface area contributed by atoms with E-state index in [1.54, 1.807) is 12.1 Å². The first-order valence-corrected chi connectivity index (χ1v) is 9.76. The van der Waals surface area contributed by atoms with Gasteiger partial charge < -0.3 is 9.73 Å². The second-order valence-electron chi connectivity index (χ2n) is 5.97. The molecule has 2 N–H and O–H groups in total. The largest absolute Gasteiger partial charge is 0.466 e. The Morgan fingerprint density at radius 2 is 2.00 bits per heavy atom. The van der Waals surface area contributed by atoms with Gasteiger partial charge in [-0.2, -0.15) is 0 Å². The molecule has 2 aromatic rings. The third-order valence-corrected chi connectivity index (χ3v) is 5.31. The number of nitrogens with one attached hydrogen (secondary N) is 2. The molecule has 1 unspecified atom stereocenters. The van der Waals surface area contributed by atoms with E-state index in [-0.39, 0.29) is 23.4 Å². The van der Waals surface area contributed by atoms with Crippen molar-refractivity contribution in [3.8, 4) is 0 Å². The Balaban J connectivity index is 2.03. The molecule has 0 aliphatic carbocycles. The van der Waals surface area contributed by atoms with Crippen LogP contribution in [0.4, 0.5) is 0 Å². The van der Waals surface area contributed by atoms with E-state index in [0.717, 1.165) is 17.9 Å². The molecule has 1 atom stereocenters. The van der Waals surface area contributed by atoms with Crippen molar-refractivity contribution >= 4 is 15.9 Å². The Morgan fingerprint density at radius 3 is 2.64 bits per heavy atom. The molecule has 0 fully saturated rings. The molecule has 0 saturated carbocycles. The van der Waals surface area contributed by atoms with Gasteiger partial charge >= 0.3 is 0 Å². The molecule has 1 heterocycles. The summed E-state index contributed by atoms with van der Waals surface area (Å²) in [6.07, 6.45) is 1.26. The maximum absolute atomic E-state index is 12.4. The Kier molecular flexibility index (Phi) is 6.39. The van der Waals surface area contributed by atoms with Gasteiger partial charge in [-0.1, -0.05) is 13.0 Å². The molecule has 0 spiro atoms. The van der Waals surface area contributed by atoms with E-state index in [2.05, 4.69) is 10.0 Å². The van der Waals surface area contributed by atoms with Crippen molar-refractivity contribution in [1.82, 2.24) is 10.0 Å². The molecule has 25 heavy (non-hydrogen) atoms. The summed E-state index contributed by atoms with van der Waals surface area (Å²) in [5.41, 5.74) is 0.324. The lowest BCUT2D eigenvalue weighted by molar-refractivity contribution is 0.0939. The van der Waals surface area contributed by atoms with Crippen LogP contribution in [0, 0.1) is 6.92 Å². The molecule has 1 amide bonds. The molecule has 0 bridgehead atoms. The van der Waals surface area contributed by atoms with E-state index in [9.17, 15) is 13.2 Å². The maximum Gasteiger partial charge on any atom is 0.251 e. The molecule has 0 aliphatic rings. The fourth-order valence-corrected chi connectivity index (χ4v) is 3.30. The van der Waals surface area contributed by atoms with Crippen molar-refractivity contribution in [2.24, 2.45) is 0 Å². The number of aryl methyl sites for hydroxylation is 1. The molecule has 0 radical (unpaired) electrons. The molecule has 7 heteroatoms. The molecule has 1 aromatic carbocycles. The fourth-order valence-electron chi connectivity index (χ4n) is 2.23. The Bertz CT molecular complexity index is 827. The average Bonchev–Trinajstić information content (AvgIpc) is 3.00. The van der Waals surface area contributed by atoms with E-state index in [1.165, 1.54) is 12.1 Å². The third-order valence-electron chi connectivity index (χ3n) is 3.86. The minimum atomic E-state index is -3.69. The molecule has 6 nitrogen and oxygen atoms in total. The lowest BCUT2D eigenvalue weighted by atomic mass is 10.2. The van der Waals surface area contributed by atoms with Gasteiger partial charge in [0.15, 0.2) is 0 Å². The van der Waals surface area contributed by atoms with E-state index < -0.39 is 10.0 Å². The van der Waals surface area contributed by atoms with Crippen LogP contribution in [-0.4, -0.2) is 26.9 Å². The number of amides is 1. The van der Waals surface area contributed by atoms with Crippen LogP contribution in [0.5, 0.6) is 0 Å². The number of furan rings is 1. The highest BCUT2D eigenvalue weighted by Crippen LogP contribution is 2.12. The number of hydrogen-bond donors (Lipinski definition) is 2. The van der Waals surface area contributed by atoms with Gasteiger partial charge in [0.25, 0.3) is 5.91 Å². The molecular weight excluding hydrogens is 340 g/mol. The van der Waals surface area contributed by atoms with Crippen LogP contribution in [0.1, 0.15) is 42.1 Å². The standard InChI is InChI=1S/C18H24N2O4S/c1-4-13(2)20-18(21)15-6-5-7-17(12-15)25(22,23)19-11-10-16-9-8-14(3)24-16/h5-9,12-13,19H,4,10-11H2,1-3H3,(H,20,21). The molecule has 0 aliphatic heterocycles. The number of benzene rings is 1. The summed E-state index contributed by atoms with van der Waals surface area (Å²) in [4.78, 5) is 12.2. The van der Waals surface area contributed by atoms with Gasteiger partial charge in [0, 0.05) is 24.6 Å². The van der Waals surface area contributed by atoms with E-state index in [4.69, 9.17) is 4.42 Å². The van der Waals surface area contributed by atoms with Gasteiger partial charge in [0.1, 0.15) is 11.5 Å². The second kappa shape index (κ2) is 8.31. The highest BCUT2D eigenvalue weighted by atomic mass is 32.2. The summed E-state index contributed by atoms with van der Waals surface area (Å²) in [6.45, 7) is 5.93. The lowest BCUT2D eigenvalue weighted by Crippen LogP contribution is -2.32. The first kappa shape index (κ1) is 19.2. The first-order valence-electron chi connectivity index (χ1n) is 8.27. The number of sulfonamides is 1. The van der Waals surface area contributed by atoms with Crippen LogP contribution in [0.25, 0.3) is 0 Å². The zero-order chi connectivity index (χ0) is 18.4. The molecule has 2 rings (SSSR count). The number of hydrogen-bond acceptors (Lipinski definition) is 4. The summed E-state index contributed by atoms with van der Waals surface area (Å²) in [5.74, 6) is 1.23. The van der Waals surface area contributed by atoms with Crippen molar-refractivity contribution in [3.05, 3.63) is 53.5 Å². The molecular formula is C18H24N2O4S. The lowest BCUT2D eigenvalue weighted by Gasteiger charge is -2.12. The summed E-state index contributed by atoms with van der Waals surface area (Å²) in [7, 11) is -3.69.